The Morgan fingerprint density at radius 2 is 1.76 bits per heavy atom. The van der Waals surface area contributed by atoms with Crippen LogP contribution in [0.3, 0.4) is 0 Å². The number of amides is 2. The number of hydrogen-bond donors (Lipinski definition) is 2. The zero-order valence-corrected chi connectivity index (χ0v) is 13.8. The molecule has 25 heavy (non-hydrogen) atoms. The number of aromatic nitrogens is 1. The zero-order chi connectivity index (χ0) is 17.6. The van der Waals surface area contributed by atoms with Gasteiger partial charge < -0.3 is 10.6 Å². The van der Waals surface area contributed by atoms with E-state index in [0.29, 0.717) is 16.3 Å². The van der Waals surface area contributed by atoms with Gasteiger partial charge in [-0.15, -0.1) is 11.3 Å². The molecule has 0 saturated carbocycles. The molecule has 0 bridgehead atoms. The molecule has 0 atom stereocenters. The topological polar surface area (TPSA) is 71.1 Å². The molecule has 0 unspecified atom stereocenters. The van der Waals surface area contributed by atoms with Gasteiger partial charge in [0, 0.05) is 16.6 Å². The first-order valence-electron chi connectivity index (χ1n) is 7.47. The molecule has 2 amide bonds. The Morgan fingerprint density at radius 3 is 2.52 bits per heavy atom. The molecule has 126 valence electrons. The highest BCUT2D eigenvalue weighted by Crippen LogP contribution is 2.25. The summed E-state index contributed by atoms with van der Waals surface area (Å²) >= 11 is 1.17. The summed E-state index contributed by atoms with van der Waals surface area (Å²) < 4.78 is 13.8. The lowest BCUT2D eigenvalue weighted by Crippen LogP contribution is -2.33. The Kier molecular flexibility index (Phi) is 5.15. The molecule has 7 heteroatoms. The van der Waals surface area contributed by atoms with Crippen molar-refractivity contribution in [2.75, 3.05) is 11.9 Å². The van der Waals surface area contributed by atoms with E-state index >= 15 is 0 Å². The lowest BCUT2D eigenvalue weighted by atomic mass is 10.2. The number of anilines is 1. The number of thiazole rings is 1. The predicted molar refractivity (Wildman–Crippen MR) is 94.9 cm³/mol. The number of benzene rings is 2. The lowest BCUT2D eigenvalue weighted by Gasteiger charge is -2.05. The fraction of sp³-hybridized carbons (Fsp3) is 0.0556. The highest BCUT2D eigenvalue weighted by atomic mass is 32.1. The SMILES string of the molecule is O=C(CNC(=O)c1csc(-c2ccccc2F)n1)Nc1ccccc1. The van der Waals surface area contributed by atoms with E-state index in [4.69, 9.17) is 0 Å². The van der Waals surface area contributed by atoms with Crippen LogP contribution >= 0.6 is 11.3 Å². The first-order valence-corrected chi connectivity index (χ1v) is 8.35. The fourth-order valence-electron chi connectivity index (χ4n) is 2.11. The van der Waals surface area contributed by atoms with Crippen molar-refractivity contribution in [3.8, 4) is 10.6 Å². The summed E-state index contributed by atoms with van der Waals surface area (Å²) in [5, 5.41) is 7.11. The molecule has 0 spiro atoms. The number of nitrogens with zero attached hydrogens (tertiary/aromatic N) is 1. The van der Waals surface area contributed by atoms with Crippen LogP contribution in [-0.4, -0.2) is 23.3 Å². The Balaban J connectivity index is 1.59. The highest BCUT2D eigenvalue weighted by molar-refractivity contribution is 7.13. The minimum absolute atomic E-state index is 0.149. The molecular weight excluding hydrogens is 341 g/mol. The van der Waals surface area contributed by atoms with Crippen molar-refractivity contribution in [2.24, 2.45) is 0 Å². The van der Waals surface area contributed by atoms with E-state index in [2.05, 4.69) is 15.6 Å². The third-order valence-electron chi connectivity index (χ3n) is 3.31. The van der Waals surface area contributed by atoms with Crippen LogP contribution in [0.2, 0.25) is 0 Å². The van der Waals surface area contributed by atoms with Gasteiger partial charge in [0.1, 0.15) is 16.5 Å². The average molecular weight is 355 g/mol. The Labute approximate surface area is 147 Å². The van der Waals surface area contributed by atoms with Crippen LogP contribution in [-0.2, 0) is 4.79 Å². The van der Waals surface area contributed by atoms with E-state index in [9.17, 15) is 14.0 Å². The lowest BCUT2D eigenvalue weighted by molar-refractivity contribution is -0.115. The fourth-order valence-corrected chi connectivity index (χ4v) is 2.94. The second-order valence-corrected chi connectivity index (χ2v) is 5.97. The number of rotatable bonds is 5. The predicted octanol–water partition coefficient (Wildman–Crippen LogP) is 3.32. The van der Waals surface area contributed by atoms with E-state index in [1.54, 1.807) is 42.5 Å². The molecule has 3 aromatic rings. The first kappa shape index (κ1) is 16.8. The second kappa shape index (κ2) is 7.67. The summed E-state index contributed by atoms with van der Waals surface area (Å²) in [6.07, 6.45) is 0. The number of para-hydroxylation sites is 1. The Morgan fingerprint density at radius 1 is 1.04 bits per heavy atom. The molecule has 5 nitrogen and oxygen atoms in total. The van der Waals surface area contributed by atoms with E-state index < -0.39 is 11.7 Å². The van der Waals surface area contributed by atoms with Crippen molar-refractivity contribution in [3.05, 3.63) is 71.5 Å². The number of nitrogens with one attached hydrogen (secondary N) is 2. The maximum absolute atomic E-state index is 13.8. The minimum atomic E-state index is -0.484. The molecule has 0 saturated heterocycles. The molecule has 0 aliphatic carbocycles. The molecule has 0 radical (unpaired) electrons. The maximum atomic E-state index is 13.8. The summed E-state index contributed by atoms with van der Waals surface area (Å²) in [5.74, 6) is -1.22. The normalized spacial score (nSPS) is 10.3. The van der Waals surface area contributed by atoms with Gasteiger partial charge in [-0.25, -0.2) is 9.37 Å². The maximum Gasteiger partial charge on any atom is 0.271 e. The van der Waals surface area contributed by atoms with Crippen LogP contribution in [0.4, 0.5) is 10.1 Å². The number of halogens is 1. The average Bonchev–Trinajstić information content (AvgIpc) is 3.11. The highest BCUT2D eigenvalue weighted by Gasteiger charge is 2.14. The van der Waals surface area contributed by atoms with Crippen molar-refractivity contribution in [1.82, 2.24) is 10.3 Å². The molecule has 3 rings (SSSR count). The first-order chi connectivity index (χ1) is 12.1. The molecule has 0 aliphatic rings. The van der Waals surface area contributed by atoms with Crippen molar-refractivity contribution < 1.29 is 14.0 Å². The van der Waals surface area contributed by atoms with Crippen molar-refractivity contribution in [1.29, 1.82) is 0 Å². The number of carbonyl (C=O) groups is 2. The van der Waals surface area contributed by atoms with Crippen LogP contribution in [0, 0.1) is 5.82 Å². The van der Waals surface area contributed by atoms with Gasteiger partial charge in [0.2, 0.25) is 5.91 Å². The van der Waals surface area contributed by atoms with Crippen LogP contribution < -0.4 is 10.6 Å². The largest absolute Gasteiger partial charge is 0.342 e. The monoisotopic (exact) mass is 355 g/mol. The van der Waals surface area contributed by atoms with Gasteiger partial charge in [-0.1, -0.05) is 30.3 Å². The van der Waals surface area contributed by atoms with Gasteiger partial charge in [-0.2, -0.15) is 0 Å². The smallest absolute Gasteiger partial charge is 0.271 e. The number of hydrogen-bond acceptors (Lipinski definition) is 4. The van der Waals surface area contributed by atoms with Gasteiger partial charge >= 0.3 is 0 Å². The van der Waals surface area contributed by atoms with Crippen LogP contribution in [0.25, 0.3) is 10.6 Å². The van der Waals surface area contributed by atoms with Gasteiger partial charge in [-0.05, 0) is 24.3 Å². The summed E-state index contributed by atoms with van der Waals surface area (Å²) in [7, 11) is 0. The molecule has 0 aliphatic heterocycles. The molecule has 2 N–H and O–H groups in total. The quantitative estimate of drug-likeness (QED) is 0.738. The standard InChI is InChI=1S/C18H14FN3O2S/c19-14-9-5-4-8-13(14)18-22-15(11-25-18)17(24)20-10-16(23)21-12-6-2-1-3-7-12/h1-9,11H,10H2,(H,20,24)(H,21,23). The van der Waals surface area contributed by atoms with Crippen LogP contribution in [0.1, 0.15) is 10.5 Å². The second-order valence-electron chi connectivity index (χ2n) is 5.11. The van der Waals surface area contributed by atoms with Crippen LogP contribution in [0.5, 0.6) is 0 Å². The summed E-state index contributed by atoms with van der Waals surface area (Å²) in [6, 6.07) is 15.2. The minimum Gasteiger partial charge on any atom is -0.342 e. The molecule has 1 aromatic heterocycles. The molecule has 1 heterocycles. The van der Waals surface area contributed by atoms with Crippen molar-refractivity contribution >= 4 is 28.8 Å². The third kappa shape index (κ3) is 4.27. The van der Waals surface area contributed by atoms with Gasteiger partial charge in [0.05, 0.1) is 6.54 Å². The van der Waals surface area contributed by atoms with E-state index in [-0.39, 0.29) is 18.1 Å². The van der Waals surface area contributed by atoms with Crippen molar-refractivity contribution in [3.63, 3.8) is 0 Å². The summed E-state index contributed by atoms with van der Waals surface area (Å²) in [5.41, 5.74) is 1.14. The summed E-state index contributed by atoms with van der Waals surface area (Å²) in [6.45, 7) is -0.180. The van der Waals surface area contributed by atoms with Gasteiger partial charge in [-0.3, -0.25) is 9.59 Å². The van der Waals surface area contributed by atoms with E-state index in [0.717, 1.165) is 0 Å². The zero-order valence-electron chi connectivity index (χ0n) is 13.0. The molecular formula is C18H14FN3O2S. The van der Waals surface area contributed by atoms with E-state index in [1.165, 1.54) is 22.8 Å². The van der Waals surface area contributed by atoms with Gasteiger partial charge in [0.15, 0.2) is 0 Å². The third-order valence-corrected chi connectivity index (χ3v) is 4.18. The summed E-state index contributed by atoms with van der Waals surface area (Å²) in [4.78, 5) is 28.1. The van der Waals surface area contributed by atoms with Gasteiger partial charge in [0.25, 0.3) is 5.91 Å². The van der Waals surface area contributed by atoms with E-state index in [1.807, 2.05) is 6.07 Å². The van der Waals surface area contributed by atoms with Crippen molar-refractivity contribution in [2.45, 2.75) is 0 Å². The number of carbonyl (C=O) groups excluding carboxylic acids is 2. The molecule has 2 aromatic carbocycles. The van der Waals surface area contributed by atoms with Crippen LogP contribution in [0.15, 0.2) is 60.0 Å². The Bertz CT molecular complexity index is 896. The molecule has 0 fully saturated rings. The Hall–Kier alpha value is -3.06.